The zero-order valence-corrected chi connectivity index (χ0v) is 12.0. The molecular weight excluding hydrogens is 278 g/mol. The van der Waals surface area contributed by atoms with Gasteiger partial charge in [-0.05, 0) is 26.0 Å². The van der Waals surface area contributed by atoms with Gasteiger partial charge in [0.05, 0.1) is 12.0 Å². The van der Waals surface area contributed by atoms with Crippen molar-refractivity contribution >= 4 is 23.3 Å². The molecule has 0 fully saturated rings. The van der Waals surface area contributed by atoms with E-state index in [1.54, 1.807) is 13.8 Å². The summed E-state index contributed by atoms with van der Waals surface area (Å²) in [6.07, 6.45) is 0. The summed E-state index contributed by atoms with van der Waals surface area (Å²) in [6, 6.07) is 3.71. The second kappa shape index (κ2) is 6.69. The monoisotopic (exact) mass is 295 g/mol. The first-order valence-corrected chi connectivity index (χ1v) is 6.19. The van der Waals surface area contributed by atoms with Crippen molar-refractivity contribution in [2.75, 3.05) is 18.6 Å². The fourth-order valence-corrected chi connectivity index (χ4v) is 1.82. The van der Waals surface area contributed by atoms with Gasteiger partial charge in [0.2, 0.25) is 5.91 Å². The number of amides is 1. The van der Waals surface area contributed by atoms with E-state index >= 15 is 0 Å². The number of ether oxygens (including phenoxy) is 1. The standard InChI is InChI=1S/C13H17N3O5/c1-8(2)15(7-12(17)21-3)10-5-4-9(13(14)18)6-11(10)16(19)20/h4-6,8H,7H2,1-3H3,(H2,14,18). The van der Waals surface area contributed by atoms with E-state index in [0.29, 0.717) is 0 Å². The normalized spacial score (nSPS) is 10.3. The molecule has 21 heavy (non-hydrogen) atoms. The fraction of sp³-hybridized carbons (Fsp3) is 0.385. The number of esters is 1. The summed E-state index contributed by atoms with van der Waals surface area (Å²) in [4.78, 5) is 34.7. The summed E-state index contributed by atoms with van der Waals surface area (Å²) in [5, 5.41) is 11.2. The summed E-state index contributed by atoms with van der Waals surface area (Å²) in [7, 11) is 1.24. The molecular formula is C13H17N3O5. The highest BCUT2D eigenvalue weighted by molar-refractivity contribution is 5.94. The van der Waals surface area contributed by atoms with Crippen LogP contribution in [0.15, 0.2) is 18.2 Å². The van der Waals surface area contributed by atoms with E-state index < -0.39 is 16.8 Å². The topological polar surface area (TPSA) is 116 Å². The smallest absolute Gasteiger partial charge is 0.325 e. The second-order valence-electron chi connectivity index (χ2n) is 4.62. The molecule has 114 valence electrons. The Labute approximate surface area is 121 Å². The molecule has 0 aliphatic carbocycles. The van der Waals surface area contributed by atoms with Gasteiger partial charge in [-0.1, -0.05) is 0 Å². The highest BCUT2D eigenvalue weighted by Crippen LogP contribution is 2.30. The number of nitro benzene ring substituents is 1. The van der Waals surface area contributed by atoms with Gasteiger partial charge in [0.25, 0.3) is 5.69 Å². The van der Waals surface area contributed by atoms with Crippen molar-refractivity contribution in [1.82, 2.24) is 0 Å². The zero-order chi connectivity index (χ0) is 16.2. The van der Waals surface area contributed by atoms with Crippen LogP contribution in [-0.4, -0.2) is 36.5 Å². The van der Waals surface area contributed by atoms with Gasteiger partial charge in [-0.2, -0.15) is 0 Å². The minimum absolute atomic E-state index is 0.0345. The number of hydrogen-bond acceptors (Lipinski definition) is 6. The largest absolute Gasteiger partial charge is 0.468 e. The molecule has 0 radical (unpaired) electrons. The van der Waals surface area contributed by atoms with E-state index in [9.17, 15) is 19.7 Å². The number of carbonyl (C=O) groups excluding carboxylic acids is 2. The molecule has 0 saturated carbocycles. The van der Waals surface area contributed by atoms with Crippen LogP contribution >= 0.6 is 0 Å². The maximum atomic E-state index is 11.4. The highest BCUT2D eigenvalue weighted by atomic mass is 16.6. The second-order valence-corrected chi connectivity index (χ2v) is 4.62. The molecule has 8 nitrogen and oxygen atoms in total. The van der Waals surface area contributed by atoms with Crippen molar-refractivity contribution in [3.8, 4) is 0 Å². The van der Waals surface area contributed by atoms with E-state index in [1.165, 1.54) is 24.1 Å². The number of benzene rings is 1. The van der Waals surface area contributed by atoms with Crippen LogP contribution in [0, 0.1) is 10.1 Å². The third-order valence-corrected chi connectivity index (χ3v) is 2.92. The quantitative estimate of drug-likeness (QED) is 0.477. The van der Waals surface area contributed by atoms with Crippen molar-refractivity contribution < 1.29 is 19.2 Å². The van der Waals surface area contributed by atoms with Crippen molar-refractivity contribution in [3.05, 3.63) is 33.9 Å². The fourth-order valence-electron chi connectivity index (χ4n) is 1.82. The molecule has 1 aromatic rings. The van der Waals surface area contributed by atoms with Crippen LogP contribution in [0.2, 0.25) is 0 Å². The highest BCUT2D eigenvalue weighted by Gasteiger charge is 2.24. The average Bonchev–Trinajstić information content (AvgIpc) is 2.43. The van der Waals surface area contributed by atoms with Gasteiger partial charge >= 0.3 is 5.97 Å². The summed E-state index contributed by atoms with van der Waals surface area (Å²) >= 11 is 0. The van der Waals surface area contributed by atoms with Gasteiger partial charge in [0, 0.05) is 17.7 Å². The Bertz CT molecular complexity index is 571. The Morgan fingerprint density at radius 3 is 2.48 bits per heavy atom. The minimum atomic E-state index is -0.756. The lowest BCUT2D eigenvalue weighted by Gasteiger charge is -2.27. The van der Waals surface area contributed by atoms with Crippen LogP contribution in [0.5, 0.6) is 0 Å². The zero-order valence-electron chi connectivity index (χ0n) is 12.0. The molecule has 1 rings (SSSR count). The molecule has 0 aliphatic rings. The molecule has 0 aromatic heterocycles. The number of anilines is 1. The molecule has 1 aromatic carbocycles. The van der Waals surface area contributed by atoms with Gasteiger partial charge in [-0.3, -0.25) is 19.7 Å². The average molecular weight is 295 g/mol. The van der Waals surface area contributed by atoms with Crippen LogP contribution < -0.4 is 10.6 Å². The molecule has 0 saturated heterocycles. The molecule has 0 bridgehead atoms. The molecule has 8 heteroatoms. The van der Waals surface area contributed by atoms with Crippen molar-refractivity contribution in [1.29, 1.82) is 0 Å². The Kier molecular flexibility index (Phi) is 5.23. The number of rotatable bonds is 6. The maximum absolute atomic E-state index is 11.4. The molecule has 1 amide bonds. The van der Waals surface area contributed by atoms with Crippen LogP contribution in [0.3, 0.4) is 0 Å². The first-order chi connectivity index (χ1) is 9.77. The van der Waals surface area contributed by atoms with Crippen LogP contribution in [-0.2, 0) is 9.53 Å². The Morgan fingerprint density at radius 1 is 1.43 bits per heavy atom. The van der Waals surface area contributed by atoms with Crippen LogP contribution in [0.1, 0.15) is 24.2 Å². The molecule has 0 spiro atoms. The molecule has 0 heterocycles. The number of carbonyl (C=O) groups is 2. The van der Waals surface area contributed by atoms with Gasteiger partial charge in [-0.25, -0.2) is 0 Å². The molecule has 0 unspecified atom stereocenters. The third-order valence-electron chi connectivity index (χ3n) is 2.92. The number of nitrogens with two attached hydrogens (primary N) is 1. The van der Waals surface area contributed by atoms with E-state index in [0.717, 1.165) is 6.07 Å². The number of methoxy groups -OCH3 is 1. The first kappa shape index (κ1) is 16.4. The molecule has 0 aliphatic heterocycles. The Balaban J connectivity index is 3.33. The van der Waals surface area contributed by atoms with Gasteiger partial charge in [0.1, 0.15) is 12.2 Å². The Morgan fingerprint density at radius 2 is 2.05 bits per heavy atom. The van der Waals surface area contributed by atoms with Gasteiger partial charge in [0.15, 0.2) is 0 Å². The van der Waals surface area contributed by atoms with Crippen LogP contribution in [0.25, 0.3) is 0 Å². The first-order valence-electron chi connectivity index (χ1n) is 6.19. The lowest BCUT2D eigenvalue weighted by Crippen LogP contribution is -2.36. The van der Waals surface area contributed by atoms with Crippen molar-refractivity contribution in [2.45, 2.75) is 19.9 Å². The number of primary amides is 1. The van der Waals surface area contributed by atoms with E-state index in [2.05, 4.69) is 4.74 Å². The summed E-state index contributed by atoms with van der Waals surface area (Å²) < 4.78 is 4.59. The molecule has 2 N–H and O–H groups in total. The predicted molar refractivity (Wildman–Crippen MR) is 76.1 cm³/mol. The number of hydrogen-bond donors (Lipinski definition) is 1. The predicted octanol–water partition coefficient (Wildman–Crippen LogP) is 1.08. The van der Waals surface area contributed by atoms with Crippen molar-refractivity contribution in [2.24, 2.45) is 5.73 Å². The van der Waals surface area contributed by atoms with Crippen LogP contribution in [0.4, 0.5) is 11.4 Å². The minimum Gasteiger partial charge on any atom is -0.468 e. The number of nitro groups is 1. The Hall–Kier alpha value is -2.64. The van der Waals surface area contributed by atoms with Gasteiger partial charge in [-0.15, -0.1) is 0 Å². The van der Waals surface area contributed by atoms with E-state index in [4.69, 9.17) is 5.73 Å². The molecule has 0 atom stereocenters. The summed E-state index contributed by atoms with van der Waals surface area (Å²) in [5.41, 5.74) is 5.10. The SMILES string of the molecule is COC(=O)CN(c1ccc(C(N)=O)cc1[N+](=O)[O-])C(C)C. The summed E-state index contributed by atoms with van der Waals surface area (Å²) in [5.74, 6) is -1.27. The van der Waals surface area contributed by atoms with Gasteiger partial charge < -0.3 is 15.4 Å². The van der Waals surface area contributed by atoms with E-state index in [-0.39, 0.29) is 29.5 Å². The third kappa shape index (κ3) is 3.91. The lowest BCUT2D eigenvalue weighted by atomic mass is 10.1. The number of nitrogens with zero attached hydrogens (tertiary/aromatic N) is 2. The lowest BCUT2D eigenvalue weighted by molar-refractivity contribution is -0.384. The van der Waals surface area contributed by atoms with E-state index in [1.807, 2.05) is 0 Å². The maximum Gasteiger partial charge on any atom is 0.325 e. The van der Waals surface area contributed by atoms with Crippen molar-refractivity contribution in [3.63, 3.8) is 0 Å². The summed E-state index contributed by atoms with van der Waals surface area (Å²) in [6.45, 7) is 3.44.